The number of carbonyl (C=O) groups is 1. The molecule has 0 aliphatic heterocycles. The number of hydrogen-bond acceptors (Lipinski definition) is 4. The molecule has 0 saturated heterocycles. The van der Waals surface area contributed by atoms with Gasteiger partial charge in [0.1, 0.15) is 5.82 Å². The Bertz CT molecular complexity index is 869. The molecule has 144 valence electrons. The van der Waals surface area contributed by atoms with Crippen LogP contribution in [0.3, 0.4) is 0 Å². The van der Waals surface area contributed by atoms with Gasteiger partial charge in [0, 0.05) is 36.5 Å². The molecule has 1 amide bonds. The van der Waals surface area contributed by atoms with Crippen LogP contribution in [0, 0.1) is 22.9 Å². The number of benzene rings is 2. The van der Waals surface area contributed by atoms with Gasteiger partial charge in [-0.3, -0.25) is 14.9 Å². The van der Waals surface area contributed by atoms with Crippen LogP contribution in [-0.4, -0.2) is 23.9 Å². The van der Waals surface area contributed by atoms with Crippen LogP contribution < -0.4 is 10.6 Å². The van der Waals surface area contributed by atoms with Gasteiger partial charge in [0.25, 0.3) is 11.6 Å². The smallest absolute Gasteiger partial charge is 0.383 e. The van der Waals surface area contributed by atoms with Gasteiger partial charge in [-0.2, -0.15) is 13.2 Å². The predicted molar refractivity (Wildman–Crippen MR) is 90.1 cm³/mol. The minimum absolute atomic E-state index is 0.0391. The molecule has 2 aromatic rings. The lowest BCUT2D eigenvalue weighted by Crippen LogP contribution is -2.29. The largest absolute Gasteiger partial charge is 0.418 e. The van der Waals surface area contributed by atoms with Crippen LogP contribution in [-0.2, 0) is 6.18 Å². The third-order valence-electron chi connectivity index (χ3n) is 3.68. The number of nitrogens with zero attached hydrogens (tertiary/aromatic N) is 1. The quantitative estimate of drug-likeness (QED) is 0.342. The van der Waals surface area contributed by atoms with Crippen LogP contribution in [0.1, 0.15) is 21.5 Å². The van der Waals surface area contributed by atoms with E-state index in [0.29, 0.717) is 11.6 Å². The van der Waals surface area contributed by atoms with E-state index in [0.717, 1.165) is 18.2 Å². The summed E-state index contributed by atoms with van der Waals surface area (Å²) in [6.07, 6.45) is -4.78. The van der Waals surface area contributed by atoms with Gasteiger partial charge < -0.3 is 10.6 Å². The standard InChI is InChI=1S/C17H15F4N3O3/c1-10-2-3-11(8-14(10)18)16(25)23-7-6-22-15-5-4-12(24(26)27)9-13(15)17(19,20)21/h2-5,8-9,22H,6-7H2,1H3,(H,23,25). The molecular weight excluding hydrogens is 370 g/mol. The van der Waals surface area contributed by atoms with Gasteiger partial charge in [-0.15, -0.1) is 0 Å². The molecule has 0 aromatic heterocycles. The Morgan fingerprint density at radius 2 is 1.85 bits per heavy atom. The zero-order chi connectivity index (χ0) is 20.2. The molecule has 0 atom stereocenters. The number of aryl methyl sites for hydroxylation is 1. The van der Waals surface area contributed by atoms with Crippen molar-refractivity contribution < 1.29 is 27.3 Å². The second-order valence-electron chi connectivity index (χ2n) is 5.63. The molecule has 2 rings (SSSR count). The van der Waals surface area contributed by atoms with E-state index in [4.69, 9.17) is 0 Å². The molecule has 0 radical (unpaired) electrons. The number of non-ortho nitro benzene ring substituents is 1. The monoisotopic (exact) mass is 385 g/mol. The summed E-state index contributed by atoms with van der Waals surface area (Å²) in [4.78, 5) is 21.6. The molecule has 0 fully saturated rings. The maximum atomic E-state index is 13.4. The second kappa shape index (κ2) is 8.02. The minimum Gasteiger partial charge on any atom is -0.383 e. The number of anilines is 1. The first-order valence-corrected chi connectivity index (χ1v) is 7.73. The van der Waals surface area contributed by atoms with Crippen molar-refractivity contribution in [1.82, 2.24) is 5.32 Å². The minimum atomic E-state index is -4.78. The van der Waals surface area contributed by atoms with Crippen molar-refractivity contribution in [3.8, 4) is 0 Å². The highest BCUT2D eigenvalue weighted by atomic mass is 19.4. The molecule has 0 saturated carbocycles. The maximum absolute atomic E-state index is 13.4. The molecule has 0 aliphatic rings. The normalized spacial score (nSPS) is 11.1. The summed E-state index contributed by atoms with van der Waals surface area (Å²) in [7, 11) is 0. The number of hydrogen-bond donors (Lipinski definition) is 2. The lowest BCUT2D eigenvalue weighted by molar-refractivity contribution is -0.385. The number of nitro benzene ring substituents is 1. The average Bonchev–Trinajstić information content (AvgIpc) is 2.59. The van der Waals surface area contributed by atoms with Crippen molar-refractivity contribution in [2.45, 2.75) is 13.1 Å². The van der Waals surface area contributed by atoms with Crippen molar-refractivity contribution in [3.05, 3.63) is 69.0 Å². The first-order chi connectivity index (χ1) is 12.6. The highest BCUT2D eigenvalue weighted by Gasteiger charge is 2.35. The summed E-state index contributed by atoms with van der Waals surface area (Å²) < 4.78 is 52.6. The summed E-state index contributed by atoms with van der Waals surface area (Å²) >= 11 is 0. The Morgan fingerprint density at radius 3 is 2.44 bits per heavy atom. The molecular formula is C17H15F4N3O3. The van der Waals surface area contributed by atoms with E-state index in [-0.39, 0.29) is 24.3 Å². The fourth-order valence-electron chi connectivity index (χ4n) is 2.24. The summed E-state index contributed by atoms with van der Waals surface area (Å²) in [6, 6.07) is 6.28. The molecule has 10 heteroatoms. The van der Waals surface area contributed by atoms with E-state index in [1.807, 2.05) is 0 Å². The number of carbonyl (C=O) groups excluding carboxylic acids is 1. The SMILES string of the molecule is Cc1ccc(C(=O)NCCNc2ccc([N+](=O)[O-])cc2C(F)(F)F)cc1F. The highest BCUT2D eigenvalue weighted by molar-refractivity contribution is 5.94. The van der Waals surface area contributed by atoms with Gasteiger partial charge in [-0.25, -0.2) is 4.39 Å². The van der Waals surface area contributed by atoms with Crippen molar-refractivity contribution in [1.29, 1.82) is 0 Å². The Balaban J connectivity index is 1.99. The van der Waals surface area contributed by atoms with Crippen LogP contribution in [0.5, 0.6) is 0 Å². The third-order valence-corrected chi connectivity index (χ3v) is 3.68. The molecule has 0 aliphatic carbocycles. The summed E-state index contributed by atoms with van der Waals surface area (Å²) in [5.74, 6) is -1.11. The predicted octanol–water partition coefficient (Wildman–Crippen LogP) is 3.90. The number of nitrogens with one attached hydrogen (secondary N) is 2. The fraction of sp³-hybridized carbons (Fsp3) is 0.235. The molecule has 27 heavy (non-hydrogen) atoms. The van der Waals surface area contributed by atoms with E-state index in [1.165, 1.54) is 12.1 Å². The topological polar surface area (TPSA) is 84.3 Å². The third kappa shape index (κ3) is 5.16. The number of alkyl halides is 3. The molecule has 0 bridgehead atoms. The zero-order valence-corrected chi connectivity index (χ0v) is 14.1. The summed E-state index contributed by atoms with van der Waals surface area (Å²) in [5.41, 5.74) is -1.73. The number of nitro groups is 1. The summed E-state index contributed by atoms with van der Waals surface area (Å²) in [6.45, 7) is 1.44. The van der Waals surface area contributed by atoms with Gasteiger partial charge in [-0.1, -0.05) is 6.07 Å². The van der Waals surface area contributed by atoms with Crippen LogP contribution in [0.25, 0.3) is 0 Å². The van der Waals surface area contributed by atoms with Gasteiger partial charge in [-0.05, 0) is 30.7 Å². The highest BCUT2D eigenvalue weighted by Crippen LogP contribution is 2.36. The van der Waals surface area contributed by atoms with Crippen molar-refractivity contribution in [3.63, 3.8) is 0 Å². The maximum Gasteiger partial charge on any atom is 0.418 e. The van der Waals surface area contributed by atoms with E-state index in [1.54, 1.807) is 6.92 Å². The first kappa shape index (κ1) is 20.1. The fourth-order valence-corrected chi connectivity index (χ4v) is 2.24. The average molecular weight is 385 g/mol. The number of rotatable bonds is 6. The van der Waals surface area contributed by atoms with Crippen molar-refractivity contribution in [2.24, 2.45) is 0 Å². The van der Waals surface area contributed by atoms with Gasteiger partial charge in [0.05, 0.1) is 10.5 Å². The molecule has 0 heterocycles. The first-order valence-electron chi connectivity index (χ1n) is 7.73. The summed E-state index contributed by atoms with van der Waals surface area (Å²) in [5, 5.41) is 15.6. The molecule has 2 aromatic carbocycles. The van der Waals surface area contributed by atoms with Crippen LogP contribution in [0.15, 0.2) is 36.4 Å². The Hall–Kier alpha value is -3.17. The Labute approximate surface area is 151 Å². The van der Waals surface area contributed by atoms with Gasteiger partial charge in [0.15, 0.2) is 0 Å². The van der Waals surface area contributed by atoms with E-state index >= 15 is 0 Å². The molecule has 2 N–H and O–H groups in total. The van der Waals surface area contributed by atoms with Crippen LogP contribution in [0.2, 0.25) is 0 Å². The zero-order valence-electron chi connectivity index (χ0n) is 14.1. The van der Waals surface area contributed by atoms with Crippen LogP contribution in [0.4, 0.5) is 28.9 Å². The van der Waals surface area contributed by atoms with Crippen molar-refractivity contribution in [2.75, 3.05) is 18.4 Å². The van der Waals surface area contributed by atoms with E-state index < -0.39 is 34.1 Å². The lowest BCUT2D eigenvalue weighted by Gasteiger charge is -2.14. The second-order valence-corrected chi connectivity index (χ2v) is 5.63. The molecule has 6 nitrogen and oxygen atoms in total. The number of halogens is 4. The molecule has 0 unspecified atom stereocenters. The van der Waals surface area contributed by atoms with Gasteiger partial charge >= 0.3 is 6.18 Å². The lowest BCUT2D eigenvalue weighted by atomic mass is 10.1. The van der Waals surface area contributed by atoms with E-state index in [2.05, 4.69) is 10.6 Å². The van der Waals surface area contributed by atoms with E-state index in [9.17, 15) is 32.5 Å². The Kier molecular flexibility index (Phi) is 5.98. The molecule has 0 spiro atoms. The number of amides is 1. The van der Waals surface area contributed by atoms with Crippen molar-refractivity contribution >= 4 is 17.3 Å². The van der Waals surface area contributed by atoms with Crippen LogP contribution >= 0.6 is 0 Å². The Morgan fingerprint density at radius 1 is 1.15 bits per heavy atom. The van der Waals surface area contributed by atoms with Gasteiger partial charge in [0.2, 0.25) is 0 Å².